The lowest BCUT2D eigenvalue weighted by Crippen LogP contribution is -2.16. The number of hydrogen-bond donors (Lipinski definition) is 3. The second kappa shape index (κ2) is 10.0. The molecule has 0 aliphatic heterocycles. The number of anilines is 3. The number of aromatic hydroxyl groups is 1. The van der Waals surface area contributed by atoms with Gasteiger partial charge in [-0.05, 0) is 17.7 Å². The number of nitro groups is 1. The van der Waals surface area contributed by atoms with Crippen molar-refractivity contribution in [3.63, 3.8) is 0 Å². The van der Waals surface area contributed by atoms with E-state index >= 15 is 0 Å². The highest BCUT2D eigenvalue weighted by Crippen LogP contribution is 2.37. The van der Waals surface area contributed by atoms with Gasteiger partial charge in [0.25, 0.3) is 0 Å². The number of aromatic nitrogens is 3. The quantitative estimate of drug-likeness (QED) is 0.258. The molecule has 12 nitrogen and oxygen atoms in total. The van der Waals surface area contributed by atoms with Gasteiger partial charge in [-0.15, -0.1) is 0 Å². The van der Waals surface area contributed by atoms with E-state index in [1.165, 1.54) is 25.5 Å². The number of hydrogen-bond acceptors (Lipinski definition) is 11. The molecule has 0 fully saturated rings. The van der Waals surface area contributed by atoms with Crippen molar-refractivity contribution in [2.75, 3.05) is 36.8 Å². The maximum absolute atomic E-state index is 11.4. The molecule has 0 aliphatic carbocycles. The average Bonchev–Trinajstić information content (AvgIpc) is 2.78. The molecule has 0 saturated heterocycles. The van der Waals surface area contributed by atoms with Gasteiger partial charge in [-0.25, -0.2) is 5.43 Å². The monoisotopic (exact) mass is 438 g/mol. The topological polar surface area (TPSA) is 151 Å². The van der Waals surface area contributed by atoms with Crippen molar-refractivity contribution < 1.29 is 14.8 Å². The number of rotatable bonds is 9. The minimum atomic E-state index is -0.654. The van der Waals surface area contributed by atoms with Crippen molar-refractivity contribution in [3.05, 3.63) is 63.7 Å². The SMILES string of the molecule is COc1c(O)ccc(/C=N\Nc2nc(NCc3ccccc3)nc(N(C)C)n2)c1[N+](=O)[O-]. The Balaban J connectivity index is 1.82. The van der Waals surface area contributed by atoms with Crippen LogP contribution in [0, 0.1) is 10.1 Å². The summed E-state index contributed by atoms with van der Waals surface area (Å²) in [5.74, 6) is 0.282. The summed E-state index contributed by atoms with van der Waals surface area (Å²) in [5, 5.41) is 28.4. The first-order chi connectivity index (χ1) is 15.4. The van der Waals surface area contributed by atoms with Crippen molar-refractivity contribution in [2.45, 2.75) is 6.54 Å². The zero-order valence-electron chi connectivity index (χ0n) is 17.7. The van der Waals surface area contributed by atoms with Gasteiger partial charge >= 0.3 is 5.69 Å². The molecule has 3 N–H and O–H groups in total. The van der Waals surface area contributed by atoms with E-state index in [2.05, 4.69) is 30.8 Å². The number of nitrogens with zero attached hydrogens (tertiary/aromatic N) is 6. The summed E-state index contributed by atoms with van der Waals surface area (Å²) in [6, 6.07) is 12.4. The van der Waals surface area contributed by atoms with E-state index in [4.69, 9.17) is 4.74 Å². The zero-order valence-corrected chi connectivity index (χ0v) is 17.7. The largest absolute Gasteiger partial charge is 0.504 e. The molecule has 12 heteroatoms. The van der Waals surface area contributed by atoms with Crippen LogP contribution in [-0.2, 0) is 6.54 Å². The van der Waals surface area contributed by atoms with E-state index in [0.29, 0.717) is 18.4 Å². The van der Waals surface area contributed by atoms with Crippen LogP contribution < -0.4 is 20.4 Å². The standard InChI is InChI=1S/C20H22N8O4/c1-27(2)20-24-18(21-11-13-7-5-4-6-8-13)23-19(25-20)26-22-12-14-9-10-15(29)17(32-3)16(14)28(30)31/h4-10,12,29H,11H2,1-3H3,(H2,21,23,24,25,26)/b22-12-. The van der Waals surface area contributed by atoms with E-state index in [-0.39, 0.29) is 23.0 Å². The minimum absolute atomic E-state index is 0.126. The molecule has 0 radical (unpaired) electrons. The summed E-state index contributed by atoms with van der Waals surface area (Å²) >= 11 is 0. The molecule has 3 aromatic rings. The molecule has 0 aliphatic rings. The summed E-state index contributed by atoms with van der Waals surface area (Å²) in [6.45, 7) is 0.514. The third-order valence-electron chi connectivity index (χ3n) is 4.21. The zero-order chi connectivity index (χ0) is 23.1. The van der Waals surface area contributed by atoms with Gasteiger partial charge in [-0.2, -0.15) is 20.1 Å². The molecule has 0 bridgehead atoms. The number of phenols is 1. The number of nitrogens with one attached hydrogen (secondary N) is 2. The molecule has 0 saturated carbocycles. The highest BCUT2D eigenvalue weighted by molar-refractivity contribution is 5.88. The first-order valence-electron chi connectivity index (χ1n) is 9.43. The van der Waals surface area contributed by atoms with E-state index in [1.54, 1.807) is 19.0 Å². The van der Waals surface area contributed by atoms with Gasteiger partial charge in [-0.1, -0.05) is 30.3 Å². The molecule has 3 rings (SSSR count). The predicted octanol–water partition coefficient (Wildman–Crippen LogP) is 2.62. The second-order valence-corrected chi connectivity index (χ2v) is 6.70. The Morgan fingerprint density at radius 2 is 1.88 bits per heavy atom. The minimum Gasteiger partial charge on any atom is -0.504 e. The van der Waals surface area contributed by atoms with Gasteiger partial charge in [0, 0.05) is 20.6 Å². The fourth-order valence-electron chi connectivity index (χ4n) is 2.70. The summed E-state index contributed by atoms with van der Waals surface area (Å²) < 4.78 is 4.94. The number of ether oxygens (including phenoxy) is 1. The van der Waals surface area contributed by atoms with Gasteiger partial charge in [0.05, 0.1) is 23.8 Å². The molecule has 0 spiro atoms. The van der Waals surface area contributed by atoms with Gasteiger partial charge in [0.15, 0.2) is 5.75 Å². The molecule has 0 atom stereocenters. The molecule has 2 aromatic carbocycles. The molecule has 0 unspecified atom stereocenters. The Labute approximate surface area is 183 Å². The summed E-state index contributed by atoms with van der Waals surface area (Å²) in [4.78, 5) is 25.4. The normalized spacial score (nSPS) is 10.7. The van der Waals surface area contributed by atoms with Crippen LogP contribution in [0.15, 0.2) is 47.6 Å². The van der Waals surface area contributed by atoms with Crippen molar-refractivity contribution in [3.8, 4) is 11.5 Å². The highest BCUT2D eigenvalue weighted by Gasteiger charge is 2.23. The number of methoxy groups -OCH3 is 1. The average molecular weight is 438 g/mol. The highest BCUT2D eigenvalue weighted by atomic mass is 16.6. The molecule has 1 aromatic heterocycles. The van der Waals surface area contributed by atoms with Crippen molar-refractivity contribution >= 4 is 29.7 Å². The first kappa shape index (κ1) is 22.2. The molecule has 0 amide bonds. The molecule has 32 heavy (non-hydrogen) atoms. The Kier molecular flexibility index (Phi) is 6.95. The second-order valence-electron chi connectivity index (χ2n) is 6.70. The third-order valence-corrected chi connectivity index (χ3v) is 4.21. The van der Waals surface area contributed by atoms with Crippen LogP contribution >= 0.6 is 0 Å². The fourth-order valence-corrected chi connectivity index (χ4v) is 2.70. The van der Waals surface area contributed by atoms with E-state index < -0.39 is 10.6 Å². The van der Waals surface area contributed by atoms with Crippen LogP contribution in [0.3, 0.4) is 0 Å². The van der Waals surface area contributed by atoms with Crippen LogP contribution in [0.25, 0.3) is 0 Å². The fraction of sp³-hybridized carbons (Fsp3) is 0.200. The van der Waals surface area contributed by atoms with Gasteiger partial charge in [0.2, 0.25) is 23.6 Å². The maximum Gasteiger partial charge on any atom is 0.323 e. The smallest absolute Gasteiger partial charge is 0.323 e. The van der Waals surface area contributed by atoms with Crippen LogP contribution in [0.4, 0.5) is 23.5 Å². The van der Waals surface area contributed by atoms with Crippen molar-refractivity contribution in [1.29, 1.82) is 0 Å². The lowest BCUT2D eigenvalue weighted by atomic mass is 10.1. The number of hydrazone groups is 1. The Morgan fingerprint density at radius 3 is 2.53 bits per heavy atom. The van der Waals surface area contributed by atoms with Crippen LogP contribution in [0.2, 0.25) is 0 Å². The molecule has 1 heterocycles. The molecular weight excluding hydrogens is 416 g/mol. The summed E-state index contributed by atoms with van der Waals surface area (Å²) in [6.07, 6.45) is 1.22. The Hall–Kier alpha value is -4.48. The lowest BCUT2D eigenvalue weighted by molar-refractivity contribution is -0.385. The Bertz CT molecular complexity index is 1120. The number of phenolic OH excluding ortho intramolecular Hbond substituents is 1. The van der Waals surface area contributed by atoms with Gasteiger partial charge < -0.3 is 20.1 Å². The number of nitro benzene ring substituents is 1. The van der Waals surface area contributed by atoms with E-state index in [9.17, 15) is 15.2 Å². The van der Waals surface area contributed by atoms with E-state index in [0.717, 1.165) is 5.56 Å². The number of benzene rings is 2. The third kappa shape index (κ3) is 5.36. The van der Waals surface area contributed by atoms with E-state index in [1.807, 2.05) is 30.3 Å². The summed E-state index contributed by atoms with van der Waals surface area (Å²) in [5.41, 5.74) is 3.43. The molecular formula is C20H22N8O4. The summed E-state index contributed by atoms with van der Waals surface area (Å²) in [7, 11) is 4.81. The van der Waals surface area contributed by atoms with Crippen LogP contribution in [0.5, 0.6) is 11.5 Å². The predicted molar refractivity (Wildman–Crippen MR) is 120 cm³/mol. The maximum atomic E-state index is 11.4. The van der Waals surface area contributed by atoms with Gasteiger partial charge in [0.1, 0.15) is 0 Å². The molecule has 166 valence electrons. The van der Waals surface area contributed by atoms with Gasteiger partial charge in [-0.3, -0.25) is 10.1 Å². The van der Waals surface area contributed by atoms with Crippen molar-refractivity contribution in [1.82, 2.24) is 15.0 Å². The first-order valence-corrected chi connectivity index (χ1v) is 9.43. The lowest BCUT2D eigenvalue weighted by Gasteiger charge is -2.13. The van der Waals surface area contributed by atoms with Crippen molar-refractivity contribution in [2.24, 2.45) is 5.10 Å². The Morgan fingerprint density at radius 1 is 1.16 bits per heavy atom. The van der Waals surface area contributed by atoms with Crippen LogP contribution in [0.1, 0.15) is 11.1 Å². The van der Waals surface area contributed by atoms with Crippen LogP contribution in [-0.4, -0.2) is 52.4 Å².